The van der Waals surface area contributed by atoms with Gasteiger partial charge in [0, 0.05) is 12.6 Å². The van der Waals surface area contributed by atoms with Crippen LogP contribution in [0.15, 0.2) is 29.9 Å². The number of aromatic amines is 1. The smallest absolute Gasteiger partial charge is 0.250 e. The van der Waals surface area contributed by atoms with Gasteiger partial charge in [0.15, 0.2) is 0 Å². The topological polar surface area (TPSA) is 49.0 Å². The van der Waals surface area contributed by atoms with Gasteiger partial charge in [0.05, 0.1) is 17.9 Å². The number of nitrogens with zero attached hydrogens (tertiary/aromatic N) is 2. The van der Waals surface area contributed by atoms with E-state index >= 15 is 0 Å². The van der Waals surface area contributed by atoms with Crippen LogP contribution >= 0.6 is 0 Å². The molecule has 126 valence electrons. The Bertz CT molecular complexity index is 598. The van der Waals surface area contributed by atoms with Gasteiger partial charge < -0.3 is 4.90 Å². The lowest BCUT2D eigenvalue weighted by atomic mass is 9.80. The molecule has 0 radical (unpaired) electrons. The van der Waals surface area contributed by atoms with Crippen LogP contribution in [-0.2, 0) is 11.3 Å². The van der Waals surface area contributed by atoms with E-state index < -0.39 is 0 Å². The average molecular weight is 315 g/mol. The molecule has 4 nitrogen and oxygen atoms in total. The maximum atomic E-state index is 12.8. The van der Waals surface area contributed by atoms with E-state index in [1.54, 1.807) is 4.90 Å². The third-order valence-electron chi connectivity index (χ3n) is 4.63. The van der Waals surface area contributed by atoms with Crippen LogP contribution in [0.3, 0.4) is 0 Å². The van der Waals surface area contributed by atoms with Gasteiger partial charge in [0.2, 0.25) is 5.91 Å². The Labute approximate surface area is 139 Å². The fraction of sp³-hybridized carbons (Fsp3) is 0.579. The molecule has 1 amide bonds. The zero-order valence-corrected chi connectivity index (χ0v) is 15.0. The van der Waals surface area contributed by atoms with E-state index in [9.17, 15) is 4.79 Å². The van der Waals surface area contributed by atoms with E-state index in [0.717, 1.165) is 29.8 Å². The van der Waals surface area contributed by atoms with Crippen LogP contribution in [0.4, 0.5) is 0 Å². The van der Waals surface area contributed by atoms with Gasteiger partial charge in [-0.15, -0.1) is 0 Å². The zero-order valence-electron chi connectivity index (χ0n) is 15.0. The molecule has 0 aliphatic heterocycles. The Balaban J connectivity index is 2.04. The summed E-state index contributed by atoms with van der Waals surface area (Å²) in [5, 5.41) is 7.34. The normalized spacial score (nSPS) is 20.7. The van der Waals surface area contributed by atoms with Gasteiger partial charge in [-0.05, 0) is 30.2 Å². The van der Waals surface area contributed by atoms with Crippen LogP contribution in [-0.4, -0.2) is 28.1 Å². The highest BCUT2D eigenvalue weighted by atomic mass is 16.2. The minimum atomic E-state index is 0.114. The second-order valence-electron chi connectivity index (χ2n) is 6.88. The zero-order chi connectivity index (χ0) is 17.0. The summed E-state index contributed by atoms with van der Waals surface area (Å²) in [6.07, 6.45) is 8.51. The molecule has 0 bridgehead atoms. The second-order valence-corrected chi connectivity index (χ2v) is 6.88. The molecule has 23 heavy (non-hydrogen) atoms. The number of rotatable bonds is 6. The molecule has 4 heteroatoms. The largest absolute Gasteiger partial charge is 0.336 e. The third-order valence-corrected chi connectivity index (χ3v) is 4.63. The van der Waals surface area contributed by atoms with Crippen molar-refractivity contribution in [2.45, 2.75) is 53.0 Å². The van der Waals surface area contributed by atoms with Crippen LogP contribution in [0, 0.1) is 11.8 Å². The van der Waals surface area contributed by atoms with Crippen molar-refractivity contribution in [2.75, 3.05) is 7.05 Å². The summed E-state index contributed by atoms with van der Waals surface area (Å²) in [7, 11) is 1.86. The van der Waals surface area contributed by atoms with Crippen molar-refractivity contribution < 1.29 is 4.79 Å². The van der Waals surface area contributed by atoms with Crippen molar-refractivity contribution >= 4 is 5.91 Å². The van der Waals surface area contributed by atoms with Crippen molar-refractivity contribution in [3.8, 4) is 0 Å². The van der Waals surface area contributed by atoms with Crippen LogP contribution < -0.4 is 0 Å². The number of aromatic nitrogens is 2. The van der Waals surface area contributed by atoms with E-state index in [0.29, 0.717) is 18.4 Å². The van der Waals surface area contributed by atoms with Crippen molar-refractivity contribution in [3.05, 3.63) is 41.3 Å². The number of amides is 1. The van der Waals surface area contributed by atoms with Gasteiger partial charge in [0.25, 0.3) is 0 Å². The van der Waals surface area contributed by atoms with E-state index in [2.05, 4.69) is 44.0 Å². The maximum Gasteiger partial charge on any atom is 0.250 e. The molecule has 0 saturated heterocycles. The minimum absolute atomic E-state index is 0.114. The van der Waals surface area contributed by atoms with E-state index in [1.165, 1.54) is 0 Å². The molecule has 2 atom stereocenters. The van der Waals surface area contributed by atoms with Gasteiger partial charge >= 0.3 is 0 Å². The summed E-state index contributed by atoms with van der Waals surface area (Å²) in [5.41, 5.74) is 2.93. The van der Waals surface area contributed by atoms with Gasteiger partial charge in [0.1, 0.15) is 0 Å². The van der Waals surface area contributed by atoms with E-state index in [1.807, 2.05) is 25.3 Å². The lowest BCUT2D eigenvalue weighted by Gasteiger charge is -2.28. The molecular weight excluding hydrogens is 286 g/mol. The number of likely N-dealkylation sites (N-methyl/N-ethyl adjacent to an activating group) is 1. The monoisotopic (exact) mass is 315 g/mol. The first kappa shape index (κ1) is 17.5. The van der Waals surface area contributed by atoms with Gasteiger partial charge in [-0.25, -0.2) is 0 Å². The summed E-state index contributed by atoms with van der Waals surface area (Å²) < 4.78 is 0. The number of allylic oxidation sites excluding steroid dienone is 3. The number of carbonyl (C=O) groups is 1. The standard InChI is InChI=1S/C19H29N3O/c1-6-8-15-9-7-10-17(14(15)4)19(23)22(5)12-16-11-18(13(2)3)21-20-16/h7,9-11,13-15H,6,8,12H2,1-5H3,(H,20,21)/t14-,15-/m1/s1. The first-order valence-electron chi connectivity index (χ1n) is 8.62. The summed E-state index contributed by atoms with van der Waals surface area (Å²) in [6, 6.07) is 2.05. The maximum absolute atomic E-state index is 12.8. The number of carbonyl (C=O) groups excluding carboxylic acids is 1. The van der Waals surface area contributed by atoms with Gasteiger partial charge in [-0.1, -0.05) is 52.3 Å². The molecule has 1 aromatic heterocycles. The highest BCUT2D eigenvalue weighted by molar-refractivity contribution is 5.94. The van der Waals surface area contributed by atoms with Crippen molar-refractivity contribution in [3.63, 3.8) is 0 Å². The van der Waals surface area contributed by atoms with Crippen molar-refractivity contribution in [1.82, 2.24) is 15.1 Å². The van der Waals surface area contributed by atoms with Crippen molar-refractivity contribution in [1.29, 1.82) is 0 Å². The number of hydrogen-bond donors (Lipinski definition) is 1. The van der Waals surface area contributed by atoms with Gasteiger partial charge in [-0.2, -0.15) is 5.10 Å². The quantitative estimate of drug-likeness (QED) is 0.861. The third kappa shape index (κ3) is 4.12. The lowest BCUT2D eigenvalue weighted by Crippen LogP contribution is -2.32. The van der Waals surface area contributed by atoms with Crippen LogP contribution in [0.25, 0.3) is 0 Å². The first-order chi connectivity index (χ1) is 10.9. The Morgan fingerprint density at radius 3 is 2.78 bits per heavy atom. The lowest BCUT2D eigenvalue weighted by molar-refractivity contribution is -0.127. The molecular formula is C19H29N3O. The fourth-order valence-electron chi connectivity index (χ4n) is 3.10. The van der Waals surface area contributed by atoms with Crippen molar-refractivity contribution in [2.24, 2.45) is 11.8 Å². The van der Waals surface area contributed by atoms with E-state index in [-0.39, 0.29) is 11.8 Å². The summed E-state index contributed by atoms with van der Waals surface area (Å²) in [4.78, 5) is 14.6. The molecule has 0 spiro atoms. The molecule has 1 aliphatic rings. The molecule has 0 saturated carbocycles. The summed E-state index contributed by atoms with van der Waals surface area (Å²) in [5.74, 6) is 1.26. The number of nitrogens with one attached hydrogen (secondary N) is 1. The van der Waals surface area contributed by atoms with Crippen LogP contribution in [0.1, 0.15) is 57.8 Å². The first-order valence-corrected chi connectivity index (χ1v) is 8.62. The number of hydrogen-bond acceptors (Lipinski definition) is 2. The predicted molar refractivity (Wildman–Crippen MR) is 93.9 cm³/mol. The molecule has 0 aromatic carbocycles. The van der Waals surface area contributed by atoms with Gasteiger partial charge in [-0.3, -0.25) is 9.89 Å². The molecule has 1 N–H and O–H groups in total. The molecule has 2 rings (SSSR count). The predicted octanol–water partition coefficient (Wildman–Crippen LogP) is 4.04. The Morgan fingerprint density at radius 2 is 2.17 bits per heavy atom. The summed E-state index contributed by atoms with van der Waals surface area (Å²) >= 11 is 0. The molecule has 1 aromatic rings. The van der Waals surface area contributed by atoms with Crippen LogP contribution in [0.2, 0.25) is 0 Å². The average Bonchev–Trinajstić information content (AvgIpc) is 2.97. The highest BCUT2D eigenvalue weighted by Gasteiger charge is 2.27. The number of H-pyrrole nitrogens is 1. The molecule has 1 aliphatic carbocycles. The highest BCUT2D eigenvalue weighted by Crippen LogP contribution is 2.30. The fourth-order valence-corrected chi connectivity index (χ4v) is 3.10. The van der Waals surface area contributed by atoms with Crippen LogP contribution in [0.5, 0.6) is 0 Å². The Hall–Kier alpha value is -1.84. The second kappa shape index (κ2) is 7.62. The Kier molecular flexibility index (Phi) is 5.80. The Morgan fingerprint density at radius 1 is 1.43 bits per heavy atom. The molecule has 0 unspecified atom stereocenters. The minimum Gasteiger partial charge on any atom is -0.336 e. The summed E-state index contributed by atoms with van der Waals surface area (Å²) in [6.45, 7) is 9.14. The van der Waals surface area contributed by atoms with E-state index in [4.69, 9.17) is 0 Å². The SMILES string of the molecule is CCC[C@@H]1C=CC=C(C(=O)N(C)Cc2cc(C(C)C)n[nH]2)[C@@H]1C. The molecule has 0 fully saturated rings. The molecule has 1 heterocycles.